The van der Waals surface area contributed by atoms with Crippen molar-refractivity contribution in [1.82, 2.24) is 25.5 Å². The zero-order valence-electron chi connectivity index (χ0n) is 9.23. The molecule has 7 nitrogen and oxygen atoms in total. The molecule has 2 aromatic rings. The van der Waals surface area contributed by atoms with Gasteiger partial charge in [0, 0.05) is 18.3 Å². The van der Waals surface area contributed by atoms with Gasteiger partial charge in [0.1, 0.15) is 0 Å². The van der Waals surface area contributed by atoms with Crippen LogP contribution in [0.4, 0.5) is 5.95 Å². The Hall–Kier alpha value is -1.96. The topological polar surface area (TPSA) is 110 Å². The van der Waals surface area contributed by atoms with Gasteiger partial charge in [-0.25, -0.2) is 4.98 Å². The molecule has 90 valence electrons. The molecule has 0 aromatic carbocycles. The fraction of sp³-hybridized carbons (Fsp3) is 0.333. The standard InChI is InChI=1S/C9H12N6OS/c1-5-12-6(4-17-5)2-3-11-8(16)7-13-9(10)15-14-7/h4H,2-3H2,1H3,(H,11,16)(H3,10,13,14,15). The minimum Gasteiger partial charge on any atom is -0.366 e. The van der Waals surface area contributed by atoms with E-state index in [0.29, 0.717) is 13.0 Å². The molecule has 2 rings (SSSR count). The van der Waals surface area contributed by atoms with Crippen molar-refractivity contribution in [3.05, 3.63) is 21.9 Å². The summed E-state index contributed by atoms with van der Waals surface area (Å²) in [5.41, 5.74) is 6.27. The number of nitrogens with zero attached hydrogens (tertiary/aromatic N) is 3. The summed E-state index contributed by atoms with van der Waals surface area (Å²) in [7, 11) is 0. The number of carbonyl (C=O) groups excluding carboxylic acids is 1. The van der Waals surface area contributed by atoms with E-state index < -0.39 is 0 Å². The summed E-state index contributed by atoms with van der Waals surface area (Å²) >= 11 is 1.59. The van der Waals surface area contributed by atoms with Crippen LogP contribution in [-0.4, -0.2) is 32.6 Å². The van der Waals surface area contributed by atoms with Crippen molar-refractivity contribution in [1.29, 1.82) is 0 Å². The summed E-state index contributed by atoms with van der Waals surface area (Å²) in [4.78, 5) is 19.6. The first kappa shape index (κ1) is 11.5. The van der Waals surface area contributed by atoms with Gasteiger partial charge in [0.15, 0.2) is 0 Å². The molecule has 0 aliphatic rings. The van der Waals surface area contributed by atoms with Gasteiger partial charge >= 0.3 is 0 Å². The largest absolute Gasteiger partial charge is 0.366 e. The zero-order valence-corrected chi connectivity index (χ0v) is 10.0. The van der Waals surface area contributed by atoms with E-state index in [1.54, 1.807) is 11.3 Å². The highest BCUT2D eigenvalue weighted by Gasteiger charge is 2.09. The summed E-state index contributed by atoms with van der Waals surface area (Å²) in [6, 6.07) is 0. The number of aryl methyl sites for hydroxylation is 1. The number of nitrogens with one attached hydrogen (secondary N) is 2. The molecule has 2 heterocycles. The average Bonchev–Trinajstić information content (AvgIpc) is 2.88. The average molecular weight is 252 g/mol. The lowest BCUT2D eigenvalue weighted by Gasteiger charge is -2.00. The van der Waals surface area contributed by atoms with Crippen molar-refractivity contribution < 1.29 is 4.79 Å². The van der Waals surface area contributed by atoms with Gasteiger partial charge in [-0.1, -0.05) is 0 Å². The monoisotopic (exact) mass is 252 g/mol. The van der Waals surface area contributed by atoms with Crippen molar-refractivity contribution in [2.75, 3.05) is 12.3 Å². The molecule has 0 aliphatic carbocycles. The van der Waals surface area contributed by atoms with E-state index in [1.807, 2.05) is 12.3 Å². The Kier molecular flexibility index (Phi) is 3.33. The molecule has 0 bridgehead atoms. The fourth-order valence-corrected chi connectivity index (χ4v) is 1.93. The van der Waals surface area contributed by atoms with E-state index in [4.69, 9.17) is 5.73 Å². The summed E-state index contributed by atoms with van der Waals surface area (Å²) in [5, 5.41) is 11.7. The highest BCUT2D eigenvalue weighted by Crippen LogP contribution is 2.07. The molecule has 0 saturated heterocycles. The van der Waals surface area contributed by atoms with Crippen LogP contribution in [0.15, 0.2) is 5.38 Å². The smallest absolute Gasteiger partial charge is 0.288 e. The molecule has 0 unspecified atom stereocenters. The van der Waals surface area contributed by atoms with Gasteiger partial charge in [0.25, 0.3) is 5.91 Å². The number of amides is 1. The second-order valence-electron chi connectivity index (χ2n) is 3.41. The zero-order chi connectivity index (χ0) is 12.3. The number of anilines is 1. The summed E-state index contributed by atoms with van der Waals surface area (Å²) < 4.78 is 0. The van der Waals surface area contributed by atoms with E-state index in [0.717, 1.165) is 10.7 Å². The minimum atomic E-state index is -0.318. The lowest BCUT2D eigenvalue weighted by Crippen LogP contribution is -2.26. The Labute approximate surface area is 101 Å². The highest BCUT2D eigenvalue weighted by molar-refractivity contribution is 7.09. The molecule has 0 spiro atoms. The molecule has 8 heteroatoms. The van der Waals surface area contributed by atoms with Crippen molar-refractivity contribution >= 4 is 23.2 Å². The normalized spacial score (nSPS) is 10.4. The van der Waals surface area contributed by atoms with Crippen molar-refractivity contribution in [2.45, 2.75) is 13.3 Å². The first-order valence-electron chi connectivity index (χ1n) is 5.02. The third-order valence-electron chi connectivity index (χ3n) is 2.05. The maximum atomic E-state index is 11.5. The molecule has 4 N–H and O–H groups in total. The first-order valence-corrected chi connectivity index (χ1v) is 5.90. The van der Waals surface area contributed by atoms with Crippen LogP contribution in [0.2, 0.25) is 0 Å². The summed E-state index contributed by atoms with van der Waals surface area (Å²) in [6.45, 7) is 2.45. The lowest BCUT2D eigenvalue weighted by atomic mass is 10.3. The van der Waals surface area contributed by atoms with Crippen LogP contribution in [-0.2, 0) is 6.42 Å². The predicted molar refractivity (Wildman–Crippen MR) is 63.7 cm³/mol. The minimum absolute atomic E-state index is 0.0604. The van der Waals surface area contributed by atoms with Crippen LogP contribution in [0.1, 0.15) is 21.3 Å². The van der Waals surface area contributed by atoms with Crippen LogP contribution in [0.25, 0.3) is 0 Å². The van der Waals surface area contributed by atoms with Crippen molar-refractivity contribution in [3.8, 4) is 0 Å². The number of carbonyl (C=O) groups is 1. The summed E-state index contributed by atoms with van der Waals surface area (Å²) in [5.74, 6) is -0.136. The van der Waals surface area contributed by atoms with Gasteiger partial charge < -0.3 is 11.1 Å². The third kappa shape index (κ3) is 3.00. The van der Waals surface area contributed by atoms with E-state index in [-0.39, 0.29) is 17.7 Å². The molecule has 17 heavy (non-hydrogen) atoms. The van der Waals surface area contributed by atoms with Gasteiger partial charge in [-0.2, -0.15) is 4.98 Å². The summed E-state index contributed by atoms with van der Waals surface area (Å²) in [6.07, 6.45) is 0.694. The van der Waals surface area contributed by atoms with Gasteiger partial charge in [0.05, 0.1) is 10.7 Å². The van der Waals surface area contributed by atoms with Crippen molar-refractivity contribution in [2.24, 2.45) is 0 Å². The number of nitrogens with two attached hydrogens (primary N) is 1. The van der Waals surface area contributed by atoms with Crippen LogP contribution in [0, 0.1) is 6.92 Å². The lowest BCUT2D eigenvalue weighted by molar-refractivity contribution is 0.0944. The van der Waals surface area contributed by atoms with Gasteiger partial charge in [0.2, 0.25) is 11.8 Å². The Bertz CT molecular complexity index is 519. The van der Waals surface area contributed by atoms with E-state index in [9.17, 15) is 4.79 Å². The molecular weight excluding hydrogens is 240 g/mol. The second kappa shape index (κ2) is 4.91. The SMILES string of the molecule is Cc1nc(CCNC(=O)c2nc(N)n[nH]2)cs1. The number of thiazole rings is 1. The molecule has 2 aromatic heterocycles. The van der Waals surface area contributed by atoms with Crippen LogP contribution >= 0.6 is 11.3 Å². The Morgan fingerprint density at radius 2 is 2.41 bits per heavy atom. The quantitative estimate of drug-likeness (QED) is 0.716. The number of H-pyrrole nitrogens is 1. The molecule has 0 aliphatic heterocycles. The maximum absolute atomic E-state index is 11.5. The molecule has 1 amide bonds. The molecule has 0 saturated carbocycles. The Morgan fingerprint density at radius 1 is 1.59 bits per heavy atom. The Balaban J connectivity index is 1.81. The van der Waals surface area contributed by atoms with E-state index >= 15 is 0 Å². The van der Waals surface area contributed by atoms with E-state index in [1.165, 1.54) is 0 Å². The predicted octanol–water partition coefficient (Wildman–Crippen LogP) is 0.124. The van der Waals surface area contributed by atoms with Gasteiger partial charge in [-0.05, 0) is 6.92 Å². The second-order valence-corrected chi connectivity index (χ2v) is 4.47. The first-order chi connectivity index (χ1) is 8.15. The van der Waals surface area contributed by atoms with Crippen molar-refractivity contribution in [3.63, 3.8) is 0 Å². The number of hydrogen-bond acceptors (Lipinski definition) is 6. The van der Waals surface area contributed by atoms with E-state index in [2.05, 4.69) is 25.5 Å². The number of aromatic nitrogens is 4. The van der Waals surface area contributed by atoms with Crippen LogP contribution < -0.4 is 11.1 Å². The molecular formula is C9H12N6OS. The third-order valence-corrected chi connectivity index (χ3v) is 2.87. The highest BCUT2D eigenvalue weighted by atomic mass is 32.1. The van der Waals surface area contributed by atoms with Crippen LogP contribution in [0.5, 0.6) is 0 Å². The van der Waals surface area contributed by atoms with Crippen LogP contribution in [0.3, 0.4) is 0 Å². The maximum Gasteiger partial charge on any atom is 0.288 e. The fourth-order valence-electron chi connectivity index (χ4n) is 1.29. The number of aromatic amines is 1. The Morgan fingerprint density at radius 3 is 3.00 bits per heavy atom. The molecule has 0 radical (unpaired) electrons. The molecule has 0 atom stereocenters. The molecule has 0 fully saturated rings. The van der Waals surface area contributed by atoms with Gasteiger partial charge in [-0.3, -0.25) is 9.89 Å². The number of nitrogen functional groups attached to an aromatic ring is 1. The van der Waals surface area contributed by atoms with Gasteiger partial charge in [-0.15, -0.1) is 16.4 Å². The number of rotatable bonds is 4. The number of hydrogen-bond donors (Lipinski definition) is 3.